The lowest BCUT2D eigenvalue weighted by Crippen LogP contribution is -1.96. The molecule has 0 aliphatic heterocycles. The Balaban J connectivity index is 3.48. The summed E-state index contributed by atoms with van der Waals surface area (Å²) in [6.07, 6.45) is 1.31. The molecule has 0 saturated heterocycles. The smallest absolute Gasteiger partial charge is 0.258 e. The standard InChI is InChI=1S/C7H7N5O2/c1-4-3-9-7(10-11-8)5(2)6(4)12(13)14/h3H,1-2H3. The Bertz CT molecular complexity index is 436. The summed E-state index contributed by atoms with van der Waals surface area (Å²) in [5.41, 5.74) is 8.87. The van der Waals surface area contributed by atoms with Gasteiger partial charge in [-0.3, -0.25) is 15.1 Å². The van der Waals surface area contributed by atoms with Crippen molar-refractivity contribution < 1.29 is 4.92 Å². The van der Waals surface area contributed by atoms with Crippen LogP contribution < -0.4 is 0 Å². The number of nitro groups is 1. The van der Waals surface area contributed by atoms with Crippen molar-refractivity contribution in [2.75, 3.05) is 0 Å². The van der Waals surface area contributed by atoms with E-state index in [-0.39, 0.29) is 17.1 Å². The second-order valence-electron chi connectivity index (χ2n) is 2.68. The van der Waals surface area contributed by atoms with Gasteiger partial charge in [0.15, 0.2) is 0 Å². The first-order chi connectivity index (χ1) is 6.57. The van der Waals surface area contributed by atoms with Gasteiger partial charge in [0.25, 0.3) is 5.69 Å². The molecule has 7 heteroatoms. The van der Waals surface area contributed by atoms with Gasteiger partial charge in [0.2, 0.25) is 0 Å². The molecule has 0 aromatic carbocycles. The second kappa shape index (κ2) is 3.71. The Hall–Kier alpha value is -2.14. The van der Waals surface area contributed by atoms with Gasteiger partial charge in [-0.25, -0.2) is 0 Å². The average Bonchev–Trinajstić information content (AvgIpc) is 2.10. The van der Waals surface area contributed by atoms with Gasteiger partial charge in [-0.15, -0.1) is 0 Å². The third-order valence-electron chi connectivity index (χ3n) is 1.77. The highest BCUT2D eigenvalue weighted by Gasteiger charge is 2.17. The van der Waals surface area contributed by atoms with Crippen LogP contribution in [-0.2, 0) is 0 Å². The van der Waals surface area contributed by atoms with Crippen molar-refractivity contribution in [3.63, 3.8) is 0 Å². The Kier molecular flexibility index (Phi) is 2.64. The van der Waals surface area contributed by atoms with E-state index in [9.17, 15) is 10.1 Å². The summed E-state index contributed by atoms with van der Waals surface area (Å²) >= 11 is 0. The molecule has 0 aliphatic carbocycles. The normalized spacial score (nSPS) is 9.29. The van der Waals surface area contributed by atoms with Crippen molar-refractivity contribution in [3.8, 4) is 0 Å². The zero-order valence-electron chi connectivity index (χ0n) is 7.63. The van der Waals surface area contributed by atoms with Crippen LogP contribution in [0.4, 0.5) is 11.5 Å². The minimum atomic E-state index is -0.511. The zero-order valence-corrected chi connectivity index (χ0v) is 7.63. The maximum atomic E-state index is 10.6. The third kappa shape index (κ3) is 1.62. The molecule has 0 N–H and O–H groups in total. The molecule has 0 spiro atoms. The van der Waals surface area contributed by atoms with Crippen molar-refractivity contribution in [1.82, 2.24) is 4.98 Å². The van der Waals surface area contributed by atoms with E-state index in [4.69, 9.17) is 5.53 Å². The van der Waals surface area contributed by atoms with Gasteiger partial charge in [0, 0.05) is 16.7 Å². The summed E-state index contributed by atoms with van der Waals surface area (Å²) in [6.45, 7) is 3.08. The fourth-order valence-electron chi connectivity index (χ4n) is 1.14. The number of aromatic nitrogens is 1. The second-order valence-corrected chi connectivity index (χ2v) is 2.68. The molecule has 0 saturated carbocycles. The molecule has 0 amide bonds. The molecule has 0 aliphatic rings. The van der Waals surface area contributed by atoms with Gasteiger partial charge in [0.1, 0.15) is 5.82 Å². The first-order valence-electron chi connectivity index (χ1n) is 3.73. The molecule has 14 heavy (non-hydrogen) atoms. The molecule has 7 nitrogen and oxygen atoms in total. The van der Waals surface area contributed by atoms with E-state index < -0.39 is 4.92 Å². The Labute approximate surface area is 79.2 Å². The first kappa shape index (κ1) is 9.94. The van der Waals surface area contributed by atoms with E-state index in [2.05, 4.69) is 15.0 Å². The van der Waals surface area contributed by atoms with Crippen LogP contribution in [0.5, 0.6) is 0 Å². The van der Waals surface area contributed by atoms with Crippen molar-refractivity contribution in [3.05, 3.63) is 37.9 Å². The van der Waals surface area contributed by atoms with E-state index in [1.54, 1.807) is 6.92 Å². The van der Waals surface area contributed by atoms with Gasteiger partial charge in [-0.1, -0.05) is 0 Å². The molecular formula is C7H7N5O2. The molecule has 0 bridgehead atoms. The highest BCUT2D eigenvalue weighted by Crippen LogP contribution is 2.28. The minimum absolute atomic E-state index is 0.0461. The predicted molar refractivity (Wildman–Crippen MR) is 49.2 cm³/mol. The molecule has 0 atom stereocenters. The summed E-state index contributed by atoms with van der Waals surface area (Å²) < 4.78 is 0. The Morgan fingerprint density at radius 3 is 2.79 bits per heavy atom. The fraction of sp³-hybridized carbons (Fsp3) is 0.286. The molecule has 1 aromatic rings. The van der Waals surface area contributed by atoms with E-state index in [0.29, 0.717) is 5.56 Å². The van der Waals surface area contributed by atoms with Crippen molar-refractivity contribution >= 4 is 11.5 Å². The number of pyridine rings is 1. The number of azide groups is 1. The van der Waals surface area contributed by atoms with Crippen LogP contribution in [0.1, 0.15) is 11.1 Å². The molecule has 1 rings (SSSR count). The molecule has 0 fully saturated rings. The molecule has 0 radical (unpaired) electrons. The topological polar surface area (TPSA) is 105 Å². The maximum absolute atomic E-state index is 10.6. The number of hydrogen-bond donors (Lipinski definition) is 0. The van der Waals surface area contributed by atoms with Crippen LogP contribution in [0.15, 0.2) is 11.3 Å². The quantitative estimate of drug-likeness (QED) is 0.237. The Morgan fingerprint density at radius 1 is 1.64 bits per heavy atom. The monoisotopic (exact) mass is 193 g/mol. The fourth-order valence-corrected chi connectivity index (χ4v) is 1.14. The lowest BCUT2D eigenvalue weighted by molar-refractivity contribution is -0.386. The van der Waals surface area contributed by atoms with Gasteiger partial charge < -0.3 is 0 Å². The first-order valence-corrected chi connectivity index (χ1v) is 3.73. The number of rotatable bonds is 2. The van der Waals surface area contributed by atoms with Crippen molar-refractivity contribution in [2.45, 2.75) is 13.8 Å². The van der Waals surface area contributed by atoms with Gasteiger partial charge in [-0.2, -0.15) is 0 Å². The van der Waals surface area contributed by atoms with Crippen LogP contribution in [0.25, 0.3) is 10.4 Å². The van der Waals surface area contributed by atoms with E-state index >= 15 is 0 Å². The highest BCUT2D eigenvalue weighted by molar-refractivity contribution is 5.55. The summed E-state index contributed by atoms with van der Waals surface area (Å²) in [4.78, 5) is 16.5. The largest absolute Gasteiger partial charge is 0.278 e. The predicted octanol–water partition coefficient (Wildman–Crippen LogP) is 2.55. The number of aryl methyl sites for hydroxylation is 1. The SMILES string of the molecule is Cc1cnc(N=[N+]=[N-])c(C)c1[N+](=O)[O-]. The van der Waals surface area contributed by atoms with Crippen LogP contribution in [0, 0.1) is 24.0 Å². The Morgan fingerprint density at radius 2 is 2.29 bits per heavy atom. The molecule has 72 valence electrons. The summed E-state index contributed by atoms with van der Waals surface area (Å²) in [5, 5.41) is 13.9. The van der Waals surface area contributed by atoms with E-state index in [0.717, 1.165) is 0 Å². The summed E-state index contributed by atoms with van der Waals surface area (Å²) in [5.74, 6) is 0.0461. The molecular weight excluding hydrogens is 186 g/mol. The maximum Gasteiger partial charge on any atom is 0.278 e. The van der Waals surface area contributed by atoms with Crippen molar-refractivity contribution in [1.29, 1.82) is 0 Å². The van der Waals surface area contributed by atoms with E-state index in [1.807, 2.05) is 0 Å². The lowest BCUT2D eigenvalue weighted by atomic mass is 10.1. The van der Waals surface area contributed by atoms with Gasteiger partial charge in [0.05, 0.1) is 10.5 Å². The summed E-state index contributed by atoms with van der Waals surface area (Å²) in [7, 11) is 0. The highest BCUT2D eigenvalue weighted by atomic mass is 16.6. The van der Waals surface area contributed by atoms with Crippen LogP contribution in [0.3, 0.4) is 0 Å². The van der Waals surface area contributed by atoms with Gasteiger partial charge in [-0.05, 0) is 24.5 Å². The van der Waals surface area contributed by atoms with Crippen LogP contribution >= 0.6 is 0 Å². The lowest BCUT2D eigenvalue weighted by Gasteiger charge is -2.01. The minimum Gasteiger partial charge on any atom is -0.258 e. The third-order valence-corrected chi connectivity index (χ3v) is 1.77. The molecule has 0 unspecified atom stereocenters. The average molecular weight is 193 g/mol. The number of hydrogen-bond acceptors (Lipinski definition) is 4. The van der Waals surface area contributed by atoms with Crippen LogP contribution in [-0.4, -0.2) is 9.91 Å². The summed E-state index contributed by atoms with van der Waals surface area (Å²) in [6, 6.07) is 0. The molecule has 1 heterocycles. The van der Waals surface area contributed by atoms with E-state index in [1.165, 1.54) is 13.1 Å². The van der Waals surface area contributed by atoms with Crippen molar-refractivity contribution in [2.24, 2.45) is 5.11 Å². The number of nitrogens with zero attached hydrogens (tertiary/aromatic N) is 5. The zero-order chi connectivity index (χ0) is 10.7. The molecule has 1 aromatic heterocycles. The van der Waals surface area contributed by atoms with Gasteiger partial charge >= 0.3 is 0 Å². The van der Waals surface area contributed by atoms with Crippen LogP contribution in [0.2, 0.25) is 0 Å².